The molecule has 1 heterocycles. The van der Waals surface area contributed by atoms with Crippen LogP contribution in [-0.4, -0.2) is 9.78 Å². The van der Waals surface area contributed by atoms with Crippen LogP contribution in [0.3, 0.4) is 0 Å². The summed E-state index contributed by atoms with van der Waals surface area (Å²) >= 11 is 0. The molecule has 5 heteroatoms. The molecule has 0 amide bonds. The van der Waals surface area contributed by atoms with Gasteiger partial charge in [0.2, 0.25) is 0 Å². The lowest BCUT2D eigenvalue weighted by Gasteiger charge is -2.15. The third kappa shape index (κ3) is 3.10. The Morgan fingerprint density at radius 2 is 1.89 bits per heavy atom. The number of aromatic nitrogens is 2. The maximum absolute atomic E-state index is 11.9. The SMILES string of the molecule is Cc1c(C)c(=O)n(CCCC(C)(C)C#N)[nH]c1=O. The second-order valence-electron chi connectivity index (χ2n) is 5.25. The summed E-state index contributed by atoms with van der Waals surface area (Å²) in [6.45, 7) is 7.44. The van der Waals surface area contributed by atoms with Gasteiger partial charge in [-0.05, 0) is 40.5 Å². The molecule has 1 aromatic heterocycles. The van der Waals surface area contributed by atoms with Crippen molar-refractivity contribution in [2.45, 2.75) is 47.1 Å². The van der Waals surface area contributed by atoms with Gasteiger partial charge in [0.15, 0.2) is 0 Å². The number of H-pyrrole nitrogens is 1. The van der Waals surface area contributed by atoms with Gasteiger partial charge in [0.25, 0.3) is 11.1 Å². The molecule has 0 unspecified atom stereocenters. The fourth-order valence-electron chi connectivity index (χ4n) is 1.68. The predicted octanol–water partition coefficient (Wildman–Crippen LogP) is 1.48. The smallest absolute Gasteiger partial charge is 0.268 e. The highest BCUT2D eigenvalue weighted by Gasteiger charge is 2.16. The van der Waals surface area contributed by atoms with Gasteiger partial charge in [-0.15, -0.1) is 0 Å². The Balaban J connectivity index is 2.86. The average Bonchev–Trinajstić information content (AvgIpc) is 2.33. The molecule has 0 aliphatic rings. The summed E-state index contributed by atoms with van der Waals surface area (Å²) < 4.78 is 1.33. The van der Waals surface area contributed by atoms with Crippen molar-refractivity contribution in [3.8, 4) is 6.07 Å². The molecule has 0 saturated heterocycles. The zero-order chi connectivity index (χ0) is 13.9. The third-order valence-electron chi connectivity index (χ3n) is 3.19. The first-order valence-corrected chi connectivity index (χ1v) is 6.00. The van der Waals surface area contributed by atoms with E-state index >= 15 is 0 Å². The molecule has 5 nitrogen and oxygen atoms in total. The molecular formula is C13H19N3O2. The minimum absolute atomic E-state index is 0.165. The molecule has 0 bridgehead atoms. The normalized spacial score (nSPS) is 11.3. The van der Waals surface area contributed by atoms with Gasteiger partial charge in [-0.3, -0.25) is 19.4 Å². The van der Waals surface area contributed by atoms with Gasteiger partial charge in [0.05, 0.1) is 11.5 Å². The highest BCUT2D eigenvalue weighted by Crippen LogP contribution is 2.20. The van der Waals surface area contributed by atoms with Crippen molar-refractivity contribution in [2.75, 3.05) is 0 Å². The molecule has 0 fully saturated rings. The van der Waals surface area contributed by atoms with Crippen LogP contribution in [0.25, 0.3) is 0 Å². The van der Waals surface area contributed by atoms with Gasteiger partial charge < -0.3 is 0 Å². The van der Waals surface area contributed by atoms with Crippen LogP contribution in [-0.2, 0) is 6.54 Å². The summed E-state index contributed by atoms with van der Waals surface area (Å²) in [6.07, 6.45) is 1.36. The first kappa shape index (κ1) is 14.2. The van der Waals surface area contributed by atoms with E-state index in [4.69, 9.17) is 5.26 Å². The maximum Gasteiger partial charge on any atom is 0.268 e. The Labute approximate surface area is 106 Å². The summed E-state index contributed by atoms with van der Waals surface area (Å²) in [5.41, 5.74) is 0.157. The van der Waals surface area contributed by atoms with Gasteiger partial charge in [-0.2, -0.15) is 5.26 Å². The number of aromatic amines is 1. The molecule has 0 aliphatic carbocycles. The van der Waals surface area contributed by atoms with Gasteiger partial charge in [0, 0.05) is 17.7 Å². The minimum atomic E-state index is -0.399. The maximum atomic E-state index is 11.9. The van der Waals surface area contributed by atoms with Crippen molar-refractivity contribution < 1.29 is 0 Å². The van der Waals surface area contributed by atoms with E-state index in [0.717, 1.165) is 0 Å². The number of hydrogen-bond donors (Lipinski definition) is 1. The van der Waals surface area contributed by atoms with Gasteiger partial charge in [-0.25, -0.2) is 0 Å². The van der Waals surface area contributed by atoms with Crippen LogP contribution in [0.2, 0.25) is 0 Å². The Hall–Kier alpha value is -1.83. The van der Waals surface area contributed by atoms with Crippen LogP contribution < -0.4 is 11.1 Å². The zero-order valence-corrected chi connectivity index (χ0v) is 11.3. The Morgan fingerprint density at radius 1 is 1.28 bits per heavy atom. The van der Waals surface area contributed by atoms with E-state index < -0.39 is 5.41 Å². The number of aryl methyl sites for hydroxylation is 1. The van der Waals surface area contributed by atoms with Crippen molar-refractivity contribution in [1.29, 1.82) is 5.26 Å². The van der Waals surface area contributed by atoms with Crippen LogP contribution in [0.1, 0.15) is 37.8 Å². The lowest BCUT2D eigenvalue weighted by atomic mass is 9.90. The molecule has 1 rings (SSSR count). The fraction of sp³-hybridized carbons (Fsp3) is 0.615. The lowest BCUT2D eigenvalue weighted by molar-refractivity contribution is 0.400. The molecule has 98 valence electrons. The second kappa shape index (κ2) is 5.21. The summed E-state index contributed by atoms with van der Waals surface area (Å²) in [7, 11) is 0. The number of nitrogens with one attached hydrogen (secondary N) is 1. The van der Waals surface area contributed by atoms with E-state index in [1.807, 2.05) is 13.8 Å². The summed E-state index contributed by atoms with van der Waals surface area (Å²) in [5.74, 6) is 0. The zero-order valence-electron chi connectivity index (χ0n) is 11.3. The van der Waals surface area contributed by atoms with E-state index in [1.165, 1.54) is 4.68 Å². The Bertz CT molecular complexity index is 588. The first-order valence-electron chi connectivity index (χ1n) is 6.00. The van der Waals surface area contributed by atoms with E-state index in [9.17, 15) is 9.59 Å². The summed E-state index contributed by atoms with van der Waals surface area (Å²) in [6, 6.07) is 2.21. The quantitative estimate of drug-likeness (QED) is 0.877. The minimum Gasteiger partial charge on any atom is -0.268 e. The molecule has 0 radical (unpaired) electrons. The number of rotatable bonds is 4. The topological polar surface area (TPSA) is 78.7 Å². The van der Waals surface area contributed by atoms with E-state index in [2.05, 4.69) is 11.2 Å². The lowest BCUT2D eigenvalue weighted by Crippen LogP contribution is -2.33. The molecule has 0 spiro atoms. The Morgan fingerprint density at radius 3 is 2.44 bits per heavy atom. The molecule has 0 saturated carbocycles. The fourth-order valence-corrected chi connectivity index (χ4v) is 1.68. The average molecular weight is 249 g/mol. The molecular weight excluding hydrogens is 230 g/mol. The number of nitriles is 1. The van der Waals surface area contributed by atoms with Crippen molar-refractivity contribution in [3.63, 3.8) is 0 Å². The van der Waals surface area contributed by atoms with Gasteiger partial charge in [0.1, 0.15) is 0 Å². The predicted molar refractivity (Wildman–Crippen MR) is 69.4 cm³/mol. The molecule has 18 heavy (non-hydrogen) atoms. The number of nitrogens with zero attached hydrogens (tertiary/aromatic N) is 2. The van der Waals surface area contributed by atoms with Gasteiger partial charge >= 0.3 is 0 Å². The van der Waals surface area contributed by atoms with Crippen LogP contribution in [0.15, 0.2) is 9.59 Å². The Kier molecular flexibility index (Phi) is 4.12. The molecule has 0 aliphatic heterocycles. The first-order chi connectivity index (χ1) is 8.28. The van der Waals surface area contributed by atoms with Crippen molar-refractivity contribution in [1.82, 2.24) is 9.78 Å². The van der Waals surface area contributed by atoms with Gasteiger partial charge in [-0.1, -0.05) is 0 Å². The van der Waals surface area contributed by atoms with Crippen LogP contribution in [0.5, 0.6) is 0 Å². The number of hydrogen-bond acceptors (Lipinski definition) is 3. The summed E-state index contributed by atoms with van der Waals surface area (Å²) in [4.78, 5) is 23.5. The van der Waals surface area contributed by atoms with Crippen LogP contribution in [0.4, 0.5) is 0 Å². The van der Waals surface area contributed by atoms with E-state index in [1.54, 1.807) is 13.8 Å². The molecule has 1 N–H and O–H groups in total. The largest absolute Gasteiger partial charge is 0.268 e. The molecule has 0 atom stereocenters. The third-order valence-corrected chi connectivity index (χ3v) is 3.19. The second-order valence-corrected chi connectivity index (χ2v) is 5.25. The van der Waals surface area contributed by atoms with Crippen molar-refractivity contribution in [3.05, 3.63) is 31.8 Å². The highest BCUT2D eigenvalue weighted by atomic mass is 16.2. The monoisotopic (exact) mass is 249 g/mol. The van der Waals surface area contributed by atoms with E-state index in [-0.39, 0.29) is 11.1 Å². The van der Waals surface area contributed by atoms with Crippen LogP contribution >= 0.6 is 0 Å². The van der Waals surface area contributed by atoms with Crippen LogP contribution in [0, 0.1) is 30.6 Å². The standard InChI is InChI=1S/C13H19N3O2/c1-9-10(2)12(18)16(15-11(9)17)7-5-6-13(3,4)8-14/h5-7H2,1-4H3,(H,15,17). The highest BCUT2D eigenvalue weighted by molar-refractivity contribution is 5.17. The van der Waals surface area contributed by atoms with Crippen molar-refractivity contribution in [2.24, 2.45) is 5.41 Å². The molecule has 1 aromatic rings. The van der Waals surface area contributed by atoms with Crippen molar-refractivity contribution >= 4 is 0 Å². The van der Waals surface area contributed by atoms with E-state index in [0.29, 0.717) is 30.5 Å². The molecule has 0 aromatic carbocycles. The summed E-state index contributed by atoms with van der Waals surface area (Å²) in [5, 5.41) is 11.4.